The van der Waals surface area contributed by atoms with Crippen LogP contribution in [0.3, 0.4) is 0 Å². The molecule has 2 aliphatic heterocycles. The van der Waals surface area contributed by atoms with Gasteiger partial charge in [0, 0.05) is 51.5 Å². The zero-order valence-corrected chi connectivity index (χ0v) is 30.4. The summed E-state index contributed by atoms with van der Waals surface area (Å²) < 4.78 is 27.9. The number of fused-ring (bicyclic) bond motifs is 7. The molecule has 4 saturated carbocycles. The predicted molar refractivity (Wildman–Crippen MR) is 181 cm³/mol. The Balaban J connectivity index is 1.22. The third kappa shape index (κ3) is 4.76. The normalized spacial score (nSPS) is 46.2. The van der Waals surface area contributed by atoms with E-state index < -0.39 is 11.3 Å². The van der Waals surface area contributed by atoms with Crippen LogP contribution in [-0.4, -0.2) is 70.8 Å². The van der Waals surface area contributed by atoms with Crippen molar-refractivity contribution in [2.24, 2.45) is 50.7 Å². The highest BCUT2D eigenvalue weighted by Crippen LogP contribution is 2.76. The lowest BCUT2D eigenvalue weighted by atomic mass is 9.33. The van der Waals surface area contributed by atoms with Crippen molar-refractivity contribution in [1.29, 1.82) is 0 Å². The molecule has 0 spiro atoms. The van der Waals surface area contributed by atoms with E-state index in [0.717, 1.165) is 69.8 Å². The van der Waals surface area contributed by atoms with Crippen LogP contribution in [0.25, 0.3) is 0 Å². The molecule has 2 heterocycles. The Kier molecular flexibility index (Phi) is 8.04. The molecule has 264 valence electrons. The first-order chi connectivity index (χ1) is 21.9. The second-order valence-electron chi connectivity index (χ2n) is 19.1. The van der Waals surface area contributed by atoms with Crippen molar-refractivity contribution in [1.82, 2.24) is 9.80 Å². The van der Waals surface area contributed by atoms with Crippen LogP contribution in [0.4, 0.5) is 8.78 Å². The fraction of sp³-hybridized carbons (Fsp3) is 0.900. The average molecular weight is 657 g/mol. The van der Waals surface area contributed by atoms with E-state index in [9.17, 15) is 18.7 Å². The molecule has 5 nitrogen and oxygen atoms in total. The van der Waals surface area contributed by atoms with E-state index in [1.807, 2.05) is 0 Å². The SMILES string of the molecule is CC(C)C1=C2[C@H]3CCC4[C@@]5(C)CC[C@H](O)C(C)(C)[C@@H]5CC[C@@]4(C)[C@]3(C)CC[C@@]2(C(=O)N2CCCC2CN2CCC(F)(F)CC2)CC1=O. The number of carbonyl (C=O) groups is 2. The molecule has 2 unspecified atom stereocenters. The number of halogens is 2. The number of allylic oxidation sites excluding steroid dienone is 1. The minimum atomic E-state index is -2.58. The number of nitrogens with zero attached hydrogens (tertiary/aromatic N) is 2. The standard InChI is InChI=1S/C40H62F2N2O3/c1-25(2)32-28(45)23-39(34(47)44-20-8-9-26(44)24-43-21-18-40(41,42)19-22-43)17-16-37(6)27(33(32)39)10-11-30-36(5)14-13-31(46)35(3,4)29(36)12-15-38(30,37)7/h25-27,29-31,46H,8-24H2,1-7H3/t26?,27-,29+,30?,31+,36+,37-,38-,39-/m1/s1. The number of rotatable bonds is 4. The molecule has 0 aromatic carbocycles. The van der Waals surface area contributed by atoms with E-state index in [1.165, 1.54) is 5.57 Å². The monoisotopic (exact) mass is 656 g/mol. The highest BCUT2D eigenvalue weighted by atomic mass is 19.3. The van der Waals surface area contributed by atoms with Crippen molar-refractivity contribution in [3.05, 3.63) is 11.1 Å². The van der Waals surface area contributed by atoms with Gasteiger partial charge in [-0.15, -0.1) is 0 Å². The van der Waals surface area contributed by atoms with Crippen molar-refractivity contribution in [2.75, 3.05) is 26.2 Å². The van der Waals surface area contributed by atoms with Crippen LogP contribution in [0.15, 0.2) is 11.1 Å². The van der Waals surface area contributed by atoms with E-state index in [1.54, 1.807) is 0 Å². The largest absolute Gasteiger partial charge is 0.393 e. The molecule has 0 aromatic rings. The van der Waals surface area contributed by atoms with Gasteiger partial charge in [-0.25, -0.2) is 8.78 Å². The second-order valence-corrected chi connectivity index (χ2v) is 19.1. The van der Waals surface area contributed by atoms with Gasteiger partial charge in [0.05, 0.1) is 11.5 Å². The zero-order chi connectivity index (χ0) is 33.9. The molecule has 0 radical (unpaired) electrons. The highest BCUT2D eigenvalue weighted by molar-refractivity contribution is 6.07. The number of alkyl halides is 2. The maximum atomic E-state index is 15.1. The van der Waals surface area contributed by atoms with Gasteiger partial charge < -0.3 is 14.9 Å². The van der Waals surface area contributed by atoms with Gasteiger partial charge >= 0.3 is 0 Å². The summed E-state index contributed by atoms with van der Waals surface area (Å²) in [4.78, 5) is 33.5. The van der Waals surface area contributed by atoms with Gasteiger partial charge in [-0.05, 0) is 121 Å². The lowest BCUT2D eigenvalue weighted by Crippen LogP contribution is -2.66. The molecule has 7 rings (SSSR count). The molecule has 6 fully saturated rings. The number of aliphatic hydroxyl groups excluding tert-OH is 1. The number of piperidine rings is 1. The van der Waals surface area contributed by atoms with Crippen LogP contribution >= 0.6 is 0 Å². The van der Waals surface area contributed by atoms with E-state index in [4.69, 9.17) is 0 Å². The molecular weight excluding hydrogens is 594 g/mol. The van der Waals surface area contributed by atoms with E-state index in [2.05, 4.69) is 58.3 Å². The van der Waals surface area contributed by atoms with Gasteiger partial charge in [-0.2, -0.15) is 0 Å². The van der Waals surface area contributed by atoms with Crippen LogP contribution in [-0.2, 0) is 9.59 Å². The Hall–Kier alpha value is -1.34. The van der Waals surface area contributed by atoms with E-state index in [-0.39, 0.29) is 70.2 Å². The summed E-state index contributed by atoms with van der Waals surface area (Å²) in [7, 11) is 0. The summed E-state index contributed by atoms with van der Waals surface area (Å²) >= 11 is 0. The Bertz CT molecular complexity index is 1330. The van der Waals surface area contributed by atoms with Gasteiger partial charge in [-0.1, -0.05) is 48.5 Å². The van der Waals surface area contributed by atoms with Crippen molar-refractivity contribution in [3.8, 4) is 0 Å². The maximum Gasteiger partial charge on any atom is 0.250 e. The van der Waals surface area contributed by atoms with Crippen molar-refractivity contribution in [3.63, 3.8) is 0 Å². The summed E-state index contributed by atoms with van der Waals surface area (Å²) in [6, 6.07) is 0.0323. The number of amides is 1. The number of likely N-dealkylation sites (tertiary alicyclic amines) is 2. The molecule has 0 aromatic heterocycles. The van der Waals surface area contributed by atoms with Gasteiger partial charge in [0.1, 0.15) is 0 Å². The first kappa shape index (κ1) is 34.1. The smallest absolute Gasteiger partial charge is 0.250 e. The van der Waals surface area contributed by atoms with Crippen LogP contribution in [0.2, 0.25) is 0 Å². The Morgan fingerprint density at radius 1 is 0.851 bits per heavy atom. The predicted octanol–water partition coefficient (Wildman–Crippen LogP) is 8.05. The molecule has 0 bridgehead atoms. The molecule has 47 heavy (non-hydrogen) atoms. The molecular formula is C40H62F2N2O3. The lowest BCUT2D eigenvalue weighted by Gasteiger charge is -2.72. The Morgan fingerprint density at radius 3 is 2.23 bits per heavy atom. The summed E-state index contributed by atoms with van der Waals surface area (Å²) in [5.74, 6) is -0.867. The van der Waals surface area contributed by atoms with Gasteiger partial charge in [0.15, 0.2) is 5.78 Å². The van der Waals surface area contributed by atoms with E-state index >= 15 is 4.79 Å². The summed E-state index contributed by atoms with van der Waals surface area (Å²) in [6.45, 7) is 18.7. The molecule has 5 aliphatic carbocycles. The zero-order valence-electron chi connectivity index (χ0n) is 30.4. The van der Waals surface area contributed by atoms with Crippen LogP contribution in [0, 0.1) is 50.7 Å². The minimum Gasteiger partial charge on any atom is -0.393 e. The van der Waals surface area contributed by atoms with Gasteiger partial charge in [0.25, 0.3) is 5.92 Å². The summed E-state index contributed by atoms with van der Waals surface area (Å²) in [5, 5.41) is 11.1. The molecule has 9 atom stereocenters. The molecule has 7 heteroatoms. The lowest BCUT2D eigenvalue weighted by molar-refractivity contribution is -0.228. The van der Waals surface area contributed by atoms with Crippen LogP contribution < -0.4 is 0 Å². The van der Waals surface area contributed by atoms with Crippen molar-refractivity contribution in [2.45, 2.75) is 150 Å². The highest BCUT2D eigenvalue weighted by Gasteiger charge is 2.71. The third-order valence-electron chi connectivity index (χ3n) is 16.5. The molecule has 2 saturated heterocycles. The topological polar surface area (TPSA) is 60.9 Å². The fourth-order valence-corrected chi connectivity index (χ4v) is 13.8. The van der Waals surface area contributed by atoms with Crippen molar-refractivity contribution < 1.29 is 23.5 Å². The second kappa shape index (κ2) is 11.1. The number of hydrogen-bond donors (Lipinski definition) is 1. The molecule has 7 aliphatic rings. The molecule has 1 N–H and O–H groups in total. The van der Waals surface area contributed by atoms with Crippen LogP contribution in [0.1, 0.15) is 132 Å². The summed E-state index contributed by atoms with van der Waals surface area (Å²) in [6.07, 6.45) is 9.78. The first-order valence-corrected chi connectivity index (χ1v) is 19.3. The number of aliphatic hydroxyl groups is 1. The van der Waals surface area contributed by atoms with Gasteiger partial charge in [0.2, 0.25) is 5.91 Å². The quantitative estimate of drug-likeness (QED) is 0.333. The number of ketones is 1. The molecule has 1 amide bonds. The third-order valence-corrected chi connectivity index (χ3v) is 16.5. The van der Waals surface area contributed by atoms with Crippen LogP contribution in [0.5, 0.6) is 0 Å². The number of carbonyl (C=O) groups excluding carboxylic acids is 2. The number of Topliss-reactive ketones (excluding diaryl/α,β-unsaturated/α-hetero) is 1. The first-order valence-electron chi connectivity index (χ1n) is 19.3. The van der Waals surface area contributed by atoms with E-state index in [0.29, 0.717) is 44.4 Å². The van der Waals surface area contributed by atoms with Gasteiger partial charge in [-0.3, -0.25) is 9.59 Å². The fourth-order valence-electron chi connectivity index (χ4n) is 13.8. The maximum absolute atomic E-state index is 15.1. The number of hydrogen-bond acceptors (Lipinski definition) is 4. The Morgan fingerprint density at radius 2 is 1.55 bits per heavy atom. The Labute approximate surface area is 282 Å². The van der Waals surface area contributed by atoms with Crippen molar-refractivity contribution >= 4 is 11.7 Å². The average Bonchev–Trinajstić information content (AvgIpc) is 3.58. The minimum absolute atomic E-state index is 0.00256. The summed E-state index contributed by atoms with van der Waals surface area (Å²) in [5.41, 5.74) is 1.60.